The lowest BCUT2D eigenvalue weighted by Crippen LogP contribution is -2.11. The van der Waals surface area contributed by atoms with E-state index in [1.54, 1.807) is 30.7 Å². The molecule has 1 N–H and O–H groups in total. The highest BCUT2D eigenvalue weighted by molar-refractivity contribution is 6.30. The third-order valence-electron chi connectivity index (χ3n) is 4.08. The first-order chi connectivity index (χ1) is 12.7. The van der Waals surface area contributed by atoms with Crippen molar-refractivity contribution in [2.75, 3.05) is 5.32 Å². The summed E-state index contributed by atoms with van der Waals surface area (Å²) in [6.45, 7) is 0.604. The van der Waals surface area contributed by atoms with Crippen molar-refractivity contribution in [2.24, 2.45) is 0 Å². The molecule has 128 valence electrons. The Labute approximate surface area is 155 Å². The number of fused-ring (bicyclic) bond motifs is 1. The fourth-order valence-electron chi connectivity index (χ4n) is 2.84. The predicted molar refractivity (Wildman–Crippen MR) is 102 cm³/mol. The summed E-state index contributed by atoms with van der Waals surface area (Å²) < 4.78 is 1.97. The van der Waals surface area contributed by atoms with Crippen LogP contribution in [0.1, 0.15) is 15.9 Å². The van der Waals surface area contributed by atoms with Gasteiger partial charge in [-0.1, -0.05) is 23.7 Å². The monoisotopic (exact) mass is 362 g/mol. The van der Waals surface area contributed by atoms with Crippen LogP contribution in [0.4, 0.5) is 5.69 Å². The molecular formula is C20H15ClN4O. The number of anilines is 1. The number of hydrogen-bond acceptors (Lipinski definition) is 3. The van der Waals surface area contributed by atoms with Gasteiger partial charge in [-0.05, 0) is 42.0 Å². The van der Waals surface area contributed by atoms with Gasteiger partial charge in [0.2, 0.25) is 0 Å². The SMILES string of the molecule is O=C(Nc1ccncc1)c1cn(Cc2ccc(Cl)cc2)c2ncccc12. The van der Waals surface area contributed by atoms with Gasteiger partial charge in [-0.3, -0.25) is 9.78 Å². The molecule has 0 spiro atoms. The van der Waals surface area contributed by atoms with E-state index in [-0.39, 0.29) is 5.91 Å². The van der Waals surface area contributed by atoms with Crippen molar-refractivity contribution in [1.29, 1.82) is 0 Å². The third kappa shape index (κ3) is 3.30. The van der Waals surface area contributed by atoms with E-state index in [0.29, 0.717) is 22.8 Å². The molecule has 0 unspecified atom stereocenters. The Bertz CT molecular complexity index is 1060. The van der Waals surface area contributed by atoms with E-state index in [4.69, 9.17) is 11.6 Å². The van der Waals surface area contributed by atoms with Crippen molar-refractivity contribution in [2.45, 2.75) is 6.54 Å². The molecule has 4 aromatic rings. The lowest BCUT2D eigenvalue weighted by Gasteiger charge is -2.05. The Morgan fingerprint density at radius 1 is 1.04 bits per heavy atom. The molecule has 5 nitrogen and oxygen atoms in total. The van der Waals surface area contributed by atoms with Crippen LogP contribution in [0.15, 0.2) is 73.3 Å². The van der Waals surface area contributed by atoms with Gasteiger partial charge in [-0.25, -0.2) is 4.98 Å². The van der Waals surface area contributed by atoms with Crippen molar-refractivity contribution < 1.29 is 4.79 Å². The molecule has 4 rings (SSSR count). The summed E-state index contributed by atoms with van der Waals surface area (Å²) in [6, 6.07) is 14.9. The molecule has 0 radical (unpaired) electrons. The first-order valence-electron chi connectivity index (χ1n) is 8.10. The second-order valence-electron chi connectivity index (χ2n) is 5.86. The molecule has 0 fully saturated rings. The maximum absolute atomic E-state index is 12.7. The van der Waals surface area contributed by atoms with Crippen LogP contribution in [-0.4, -0.2) is 20.4 Å². The summed E-state index contributed by atoms with van der Waals surface area (Å²) in [5.74, 6) is -0.177. The highest BCUT2D eigenvalue weighted by atomic mass is 35.5. The number of hydrogen-bond donors (Lipinski definition) is 1. The summed E-state index contributed by atoms with van der Waals surface area (Å²) in [4.78, 5) is 21.2. The average molecular weight is 363 g/mol. The Hall–Kier alpha value is -3.18. The molecule has 0 aliphatic rings. The van der Waals surface area contributed by atoms with E-state index >= 15 is 0 Å². The summed E-state index contributed by atoms with van der Waals surface area (Å²) in [6.07, 6.45) is 6.84. The van der Waals surface area contributed by atoms with Crippen LogP contribution in [0.25, 0.3) is 11.0 Å². The maximum Gasteiger partial charge on any atom is 0.257 e. The number of carbonyl (C=O) groups excluding carboxylic acids is 1. The Kier molecular flexibility index (Phi) is 4.37. The van der Waals surface area contributed by atoms with Gasteiger partial charge in [0.1, 0.15) is 5.65 Å². The quantitative estimate of drug-likeness (QED) is 0.586. The van der Waals surface area contributed by atoms with Crippen LogP contribution in [0.3, 0.4) is 0 Å². The minimum absolute atomic E-state index is 0.177. The number of amides is 1. The van der Waals surface area contributed by atoms with E-state index in [9.17, 15) is 4.79 Å². The van der Waals surface area contributed by atoms with Crippen LogP contribution in [0.2, 0.25) is 5.02 Å². The molecule has 0 aliphatic heterocycles. The smallest absolute Gasteiger partial charge is 0.257 e. The topological polar surface area (TPSA) is 59.8 Å². The van der Waals surface area contributed by atoms with Gasteiger partial charge < -0.3 is 9.88 Å². The van der Waals surface area contributed by atoms with E-state index in [1.807, 2.05) is 47.2 Å². The highest BCUT2D eigenvalue weighted by Crippen LogP contribution is 2.22. The minimum atomic E-state index is -0.177. The number of aromatic nitrogens is 3. The number of nitrogens with one attached hydrogen (secondary N) is 1. The molecular weight excluding hydrogens is 348 g/mol. The number of nitrogens with zero attached hydrogens (tertiary/aromatic N) is 3. The standard InChI is InChI=1S/C20H15ClN4O/c21-15-5-3-14(4-6-15)12-25-13-18(17-2-1-9-23-19(17)25)20(26)24-16-7-10-22-11-8-16/h1-11,13H,12H2,(H,22,24,26). The summed E-state index contributed by atoms with van der Waals surface area (Å²) >= 11 is 5.96. The Balaban J connectivity index is 1.69. The fourth-order valence-corrected chi connectivity index (χ4v) is 2.97. The molecule has 0 aliphatic carbocycles. The first kappa shape index (κ1) is 16.3. The summed E-state index contributed by atoms with van der Waals surface area (Å²) in [5.41, 5.74) is 3.13. The fraction of sp³-hybridized carbons (Fsp3) is 0.0500. The van der Waals surface area contributed by atoms with E-state index in [2.05, 4.69) is 15.3 Å². The second-order valence-corrected chi connectivity index (χ2v) is 6.30. The predicted octanol–water partition coefficient (Wildman–Crippen LogP) is 4.39. The molecule has 0 saturated carbocycles. The molecule has 1 aromatic carbocycles. The van der Waals surface area contributed by atoms with Gasteiger partial charge in [0.25, 0.3) is 5.91 Å². The van der Waals surface area contributed by atoms with Gasteiger partial charge in [0, 0.05) is 47.4 Å². The van der Waals surface area contributed by atoms with Crippen LogP contribution in [-0.2, 0) is 6.54 Å². The second kappa shape index (κ2) is 6.98. The maximum atomic E-state index is 12.7. The van der Waals surface area contributed by atoms with Crippen molar-refractivity contribution in [3.63, 3.8) is 0 Å². The average Bonchev–Trinajstić information content (AvgIpc) is 3.03. The lowest BCUT2D eigenvalue weighted by molar-refractivity contribution is 0.102. The van der Waals surface area contributed by atoms with Crippen LogP contribution >= 0.6 is 11.6 Å². The van der Waals surface area contributed by atoms with Crippen LogP contribution in [0.5, 0.6) is 0 Å². The number of benzene rings is 1. The van der Waals surface area contributed by atoms with Gasteiger partial charge in [-0.15, -0.1) is 0 Å². The zero-order valence-corrected chi connectivity index (χ0v) is 14.5. The number of pyridine rings is 2. The lowest BCUT2D eigenvalue weighted by atomic mass is 10.2. The van der Waals surface area contributed by atoms with Crippen LogP contribution < -0.4 is 5.32 Å². The minimum Gasteiger partial charge on any atom is -0.327 e. The molecule has 3 heterocycles. The van der Waals surface area contributed by atoms with Crippen molar-refractivity contribution in [3.05, 3.63) is 89.5 Å². The first-order valence-corrected chi connectivity index (χ1v) is 8.48. The Morgan fingerprint density at radius 3 is 2.58 bits per heavy atom. The largest absolute Gasteiger partial charge is 0.327 e. The molecule has 1 amide bonds. The Morgan fingerprint density at radius 2 is 1.81 bits per heavy atom. The van der Waals surface area contributed by atoms with Crippen molar-refractivity contribution in [3.8, 4) is 0 Å². The molecule has 26 heavy (non-hydrogen) atoms. The van der Waals surface area contributed by atoms with E-state index < -0.39 is 0 Å². The number of carbonyl (C=O) groups is 1. The van der Waals surface area contributed by atoms with Gasteiger partial charge in [0.05, 0.1) is 5.56 Å². The molecule has 3 aromatic heterocycles. The zero-order chi connectivity index (χ0) is 17.9. The van der Waals surface area contributed by atoms with Gasteiger partial charge >= 0.3 is 0 Å². The summed E-state index contributed by atoms with van der Waals surface area (Å²) in [7, 11) is 0. The number of halogens is 1. The normalized spacial score (nSPS) is 10.8. The van der Waals surface area contributed by atoms with Gasteiger partial charge in [0.15, 0.2) is 0 Å². The zero-order valence-electron chi connectivity index (χ0n) is 13.8. The third-order valence-corrected chi connectivity index (χ3v) is 4.33. The van der Waals surface area contributed by atoms with Crippen molar-refractivity contribution in [1.82, 2.24) is 14.5 Å². The van der Waals surface area contributed by atoms with Gasteiger partial charge in [-0.2, -0.15) is 0 Å². The van der Waals surface area contributed by atoms with Crippen LogP contribution in [0, 0.1) is 0 Å². The van der Waals surface area contributed by atoms with E-state index in [0.717, 1.165) is 16.6 Å². The summed E-state index contributed by atoms with van der Waals surface area (Å²) in [5, 5.41) is 4.41. The molecule has 0 saturated heterocycles. The molecule has 6 heteroatoms. The van der Waals surface area contributed by atoms with Crippen molar-refractivity contribution >= 4 is 34.2 Å². The van der Waals surface area contributed by atoms with E-state index in [1.165, 1.54) is 0 Å². The number of rotatable bonds is 4. The molecule has 0 bridgehead atoms. The highest BCUT2D eigenvalue weighted by Gasteiger charge is 2.16. The molecule has 0 atom stereocenters.